The smallest absolute Gasteiger partial charge is 0.145 e. The highest BCUT2D eigenvalue weighted by atomic mass is 16.5. The molecule has 0 saturated heterocycles. The molecule has 1 aliphatic rings. The van der Waals surface area contributed by atoms with Crippen LogP contribution < -0.4 is 4.74 Å². The number of hydrogen-bond donors (Lipinski definition) is 0. The van der Waals surface area contributed by atoms with Gasteiger partial charge in [0.1, 0.15) is 17.9 Å². The molecule has 1 aromatic carbocycles. The number of rotatable bonds is 0. The summed E-state index contributed by atoms with van der Waals surface area (Å²) in [5.74, 6) is 0.971. The van der Waals surface area contributed by atoms with E-state index in [4.69, 9.17) is 4.74 Å². The molecule has 2 heterocycles. The average molecular weight is 174 g/mol. The third-order valence-corrected chi connectivity index (χ3v) is 2.41. The summed E-state index contributed by atoms with van der Waals surface area (Å²) in [4.78, 5) is 4.33. The van der Waals surface area contributed by atoms with Gasteiger partial charge in [0.25, 0.3) is 0 Å². The van der Waals surface area contributed by atoms with E-state index in [0.29, 0.717) is 0 Å². The van der Waals surface area contributed by atoms with Crippen molar-refractivity contribution in [3.05, 3.63) is 24.0 Å². The zero-order chi connectivity index (χ0) is 8.84. The summed E-state index contributed by atoms with van der Waals surface area (Å²) >= 11 is 0. The zero-order valence-corrected chi connectivity index (χ0v) is 7.45. The van der Waals surface area contributed by atoms with Crippen LogP contribution in [0.15, 0.2) is 18.5 Å². The summed E-state index contributed by atoms with van der Waals surface area (Å²) in [6, 6.07) is 4.16. The summed E-state index contributed by atoms with van der Waals surface area (Å²) in [6.45, 7) is 3.72. The Morgan fingerprint density at radius 1 is 1.46 bits per heavy atom. The van der Waals surface area contributed by atoms with Crippen molar-refractivity contribution in [2.45, 2.75) is 13.5 Å². The number of aryl methyl sites for hydroxylation is 1. The highest BCUT2D eigenvalue weighted by Crippen LogP contribution is 2.29. The van der Waals surface area contributed by atoms with Crippen molar-refractivity contribution < 1.29 is 4.74 Å². The van der Waals surface area contributed by atoms with Crippen molar-refractivity contribution in [3.8, 4) is 5.75 Å². The molecule has 0 fully saturated rings. The minimum Gasteiger partial charge on any atom is -0.489 e. The van der Waals surface area contributed by atoms with Gasteiger partial charge >= 0.3 is 0 Å². The monoisotopic (exact) mass is 174 g/mol. The Bertz CT molecular complexity index is 473. The molecule has 0 spiro atoms. The Hall–Kier alpha value is -1.51. The lowest BCUT2D eigenvalue weighted by atomic mass is 10.2. The van der Waals surface area contributed by atoms with Crippen LogP contribution in [0.1, 0.15) is 5.56 Å². The van der Waals surface area contributed by atoms with Gasteiger partial charge in [-0.1, -0.05) is 0 Å². The van der Waals surface area contributed by atoms with E-state index >= 15 is 0 Å². The third kappa shape index (κ3) is 0.869. The van der Waals surface area contributed by atoms with Gasteiger partial charge in [-0.05, 0) is 24.6 Å². The lowest BCUT2D eigenvalue weighted by Crippen LogP contribution is -2.13. The maximum Gasteiger partial charge on any atom is 0.145 e. The van der Waals surface area contributed by atoms with Gasteiger partial charge in [0.15, 0.2) is 0 Å². The van der Waals surface area contributed by atoms with Gasteiger partial charge < -0.3 is 9.30 Å². The molecule has 0 amide bonds. The van der Waals surface area contributed by atoms with Crippen LogP contribution in [-0.2, 0) is 6.54 Å². The molecular weight excluding hydrogens is 164 g/mol. The number of ether oxygens (including phenoxy) is 1. The fourth-order valence-corrected chi connectivity index (χ4v) is 1.84. The van der Waals surface area contributed by atoms with E-state index in [-0.39, 0.29) is 0 Å². The number of benzene rings is 1. The lowest BCUT2D eigenvalue weighted by molar-refractivity contribution is 0.286. The molecule has 0 atom stereocenters. The minimum atomic E-state index is 0.752. The maximum absolute atomic E-state index is 5.57. The van der Waals surface area contributed by atoms with Gasteiger partial charge in [-0.2, -0.15) is 0 Å². The molecule has 3 nitrogen and oxygen atoms in total. The molecule has 13 heavy (non-hydrogen) atoms. The van der Waals surface area contributed by atoms with E-state index in [1.54, 1.807) is 0 Å². The summed E-state index contributed by atoms with van der Waals surface area (Å²) < 4.78 is 7.72. The average Bonchev–Trinajstić information content (AvgIpc) is 2.50. The molecule has 3 heteroatoms. The number of nitrogens with zero attached hydrogens (tertiary/aromatic N) is 2. The molecule has 1 aliphatic heterocycles. The van der Waals surface area contributed by atoms with Crippen LogP contribution >= 0.6 is 0 Å². The van der Waals surface area contributed by atoms with E-state index < -0.39 is 0 Å². The molecule has 0 bridgehead atoms. The second-order valence-corrected chi connectivity index (χ2v) is 3.42. The first-order chi connectivity index (χ1) is 6.34. The van der Waals surface area contributed by atoms with Gasteiger partial charge in [-0.15, -0.1) is 0 Å². The Kier molecular flexibility index (Phi) is 1.20. The second-order valence-electron chi connectivity index (χ2n) is 3.42. The second kappa shape index (κ2) is 2.25. The molecule has 0 saturated carbocycles. The van der Waals surface area contributed by atoms with E-state index in [1.165, 1.54) is 5.56 Å². The van der Waals surface area contributed by atoms with Crippen molar-refractivity contribution in [1.82, 2.24) is 9.55 Å². The summed E-state index contributed by atoms with van der Waals surface area (Å²) in [5.41, 5.74) is 3.38. The summed E-state index contributed by atoms with van der Waals surface area (Å²) in [7, 11) is 0. The maximum atomic E-state index is 5.57. The zero-order valence-electron chi connectivity index (χ0n) is 7.45. The van der Waals surface area contributed by atoms with Crippen molar-refractivity contribution in [1.29, 1.82) is 0 Å². The molecule has 1 aromatic heterocycles. The summed E-state index contributed by atoms with van der Waals surface area (Å²) in [6.07, 6.45) is 1.89. The van der Waals surface area contributed by atoms with E-state index in [2.05, 4.69) is 28.6 Å². The van der Waals surface area contributed by atoms with Crippen LogP contribution in [0, 0.1) is 6.92 Å². The molecule has 66 valence electrons. The van der Waals surface area contributed by atoms with Gasteiger partial charge in [0.05, 0.1) is 18.4 Å². The highest BCUT2D eigenvalue weighted by Gasteiger charge is 2.14. The standard InChI is InChI=1S/C10H10N2O/c1-7-4-8-10-9(5-7)13-3-2-12(10)6-11-8/h4-6H,2-3H2,1H3. The Morgan fingerprint density at radius 3 is 3.31 bits per heavy atom. The quantitative estimate of drug-likeness (QED) is 0.608. The predicted molar refractivity (Wildman–Crippen MR) is 50.0 cm³/mol. The molecule has 0 N–H and O–H groups in total. The van der Waals surface area contributed by atoms with Crippen molar-refractivity contribution in [2.75, 3.05) is 6.61 Å². The number of hydrogen-bond acceptors (Lipinski definition) is 2. The van der Waals surface area contributed by atoms with Crippen molar-refractivity contribution >= 4 is 11.0 Å². The van der Waals surface area contributed by atoms with Crippen LogP contribution in [0.5, 0.6) is 5.75 Å². The topological polar surface area (TPSA) is 27.1 Å². The predicted octanol–water partition coefficient (Wildman–Crippen LogP) is 1.74. The summed E-state index contributed by atoms with van der Waals surface area (Å²) in [5, 5.41) is 0. The Morgan fingerprint density at radius 2 is 2.38 bits per heavy atom. The Balaban J connectivity index is 2.47. The van der Waals surface area contributed by atoms with Gasteiger partial charge in [-0.25, -0.2) is 4.98 Å². The molecule has 0 aliphatic carbocycles. The van der Waals surface area contributed by atoms with Crippen LogP contribution in [0.4, 0.5) is 0 Å². The third-order valence-electron chi connectivity index (χ3n) is 2.41. The first-order valence-corrected chi connectivity index (χ1v) is 4.43. The van der Waals surface area contributed by atoms with Crippen LogP contribution in [0.25, 0.3) is 11.0 Å². The van der Waals surface area contributed by atoms with Crippen molar-refractivity contribution in [3.63, 3.8) is 0 Å². The fraction of sp³-hybridized carbons (Fsp3) is 0.300. The molecular formula is C10H10N2O. The van der Waals surface area contributed by atoms with Crippen LogP contribution in [-0.4, -0.2) is 16.2 Å². The normalized spacial score (nSPS) is 14.5. The van der Waals surface area contributed by atoms with Gasteiger partial charge in [0, 0.05) is 0 Å². The largest absolute Gasteiger partial charge is 0.489 e. The minimum absolute atomic E-state index is 0.752. The van der Waals surface area contributed by atoms with Crippen molar-refractivity contribution in [2.24, 2.45) is 0 Å². The Labute approximate surface area is 76.0 Å². The molecule has 2 aromatic rings. The number of imidazole rings is 1. The fourth-order valence-electron chi connectivity index (χ4n) is 1.84. The molecule has 3 rings (SSSR count). The number of aromatic nitrogens is 2. The SMILES string of the molecule is Cc1cc2c3c(c1)ncn3CCO2. The van der Waals surface area contributed by atoms with Crippen LogP contribution in [0.2, 0.25) is 0 Å². The van der Waals surface area contributed by atoms with Crippen LogP contribution in [0.3, 0.4) is 0 Å². The first kappa shape index (κ1) is 6.95. The van der Waals surface area contributed by atoms with Gasteiger partial charge in [0.2, 0.25) is 0 Å². The highest BCUT2D eigenvalue weighted by molar-refractivity contribution is 5.83. The molecule has 0 radical (unpaired) electrons. The van der Waals surface area contributed by atoms with E-state index in [1.807, 2.05) is 6.33 Å². The van der Waals surface area contributed by atoms with Gasteiger partial charge in [-0.3, -0.25) is 0 Å². The first-order valence-electron chi connectivity index (χ1n) is 4.43. The molecule has 0 unspecified atom stereocenters. The van der Waals surface area contributed by atoms with E-state index in [9.17, 15) is 0 Å². The lowest BCUT2D eigenvalue weighted by Gasteiger charge is -2.16. The van der Waals surface area contributed by atoms with E-state index in [0.717, 1.165) is 29.9 Å².